The predicted octanol–water partition coefficient (Wildman–Crippen LogP) is 4.04. The first-order valence-electron chi connectivity index (χ1n) is 11.8. The average molecular weight is 466 g/mol. The van der Waals surface area contributed by atoms with E-state index in [9.17, 15) is 9.59 Å². The van der Waals surface area contributed by atoms with Crippen LogP contribution in [-0.2, 0) is 22.4 Å². The van der Waals surface area contributed by atoms with Crippen molar-refractivity contribution in [2.45, 2.75) is 65.3 Å². The highest BCUT2D eigenvalue weighted by Gasteiger charge is 2.16. The Morgan fingerprint density at radius 2 is 1.82 bits per heavy atom. The first-order valence-corrected chi connectivity index (χ1v) is 11.8. The maximum absolute atomic E-state index is 12.4. The van der Waals surface area contributed by atoms with Gasteiger partial charge in [-0.25, -0.2) is 5.43 Å². The minimum Gasteiger partial charge on any atom is -0.496 e. The largest absolute Gasteiger partial charge is 0.496 e. The van der Waals surface area contributed by atoms with Crippen LogP contribution < -0.4 is 20.2 Å². The molecule has 1 unspecified atom stereocenters. The van der Waals surface area contributed by atoms with Gasteiger partial charge in [-0.2, -0.15) is 5.10 Å². The molecule has 0 saturated carbocycles. The average Bonchev–Trinajstić information content (AvgIpc) is 2.82. The Morgan fingerprint density at radius 1 is 1.09 bits per heavy atom. The summed E-state index contributed by atoms with van der Waals surface area (Å²) in [5.41, 5.74) is 8.09. The molecule has 0 fully saturated rings. The standard InChI is InChI=1S/C27H35N3O4/c1-17(2)24-14-22(18(3)12-25(24)33-5)15-28-30-27(32)19(4)29-26(31)16-34-23-11-10-20-8-6-7-9-21(20)13-23/h10-15,17,19H,6-9,16H2,1-5H3,(H,29,31)(H,30,32). The van der Waals surface area contributed by atoms with Crippen molar-refractivity contribution in [3.63, 3.8) is 0 Å². The van der Waals surface area contributed by atoms with Gasteiger partial charge in [0.1, 0.15) is 17.5 Å². The summed E-state index contributed by atoms with van der Waals surface area (Å²) in [5.74, 6) is 1.03. The minimum atomic E-state index is -0.750. The molecule has 7 heteroatoms. The Balaban J connectivity index is 1.49. The molecule has 0 aliphatic heterocycles. The Morgan fingerprint density at radius 3 is 2.53 bits per heavy atom. The smallest absolute Gasteiger partial charge is 0.262 e. The molecule has 1 atom stereocenters. The van der Waals surface area contributed by atoms with Gasteiger partial charge < -0.3 is 14.8 Å². The van der Waals surface area contributed by atoms with Crippen LogP contribution in [0.1, 0.15) is 67.3 Å². The SMILES string of the molecule is COc1cc(C)c(C=NNC(=O)C(C)NC(=O)COc2ccc3c(c2)CCCC3)cc1C(C)C. The van der Waals surface area contributed by atoms with Crippen molar-refractivity contribution >= 4 is 18.0 Å². The first kappa shape index (κ1) is 25.3. The van der Waals surface area contributed by atoms with E-state index in [1.54, 1.807) is 20.2 Å². The number of fused-ring (bicyclic) bond motifs is 1. The number of ether oxygens (including phenoxy) is 2. The van der Waals surface area contributed by atoms with E-state index in [-0.39, 0.29) is 18.4 Å². The molecule has 0 saturated heterocycles. The summed E-state index contributed by atoms with van der Waals surface area (Å²) in [6.45, 7) is 7.60. The number of hydrazone groups is 1. The molecule has 3 rings (SSSR count). The summed E-state index contributed by atoms with van der Waals surface area (Å²) >= 11 is 0. The van der Waals surface area contributed by atoms with E-state index in [1.807, 2.05) is 31.2 Å². The van der Waals surface area contributed by atoms with Crippen LogP contribution in [0.3, 0.4) is 0 Å². The van der Waals surface area contributed by atoms with Gasteiger partial charge in [-0.1, -0.05) is 19.9 Å². The van der Waals surface area contributed by atoms with E-state index in [4.69, 9.17) is 9.47 Å². The minimum absolute atomic E-state index is 0.150. The number of hydrogen-bond acceptors (Lipinski definition) is 5. The van der Waals surface area contributed by atoms with E-state index < -0.39 is 11.9 Å². The molecular formula is C27H35N3O4. The van der Waals surface area contributed by atoms with Crippen LogP contribution in [-0.4, -0.2) is 37.8 Å². The zero-order valence-corrected chi connectivity index (χ0v) is 20.7. The summed E-state index contributed by atoms with van der Waals surface area (Å²) in [5, 5.41) is 6.72. The highest BCUT2D eigenvalue weighted by molar-refractivity contribution is 5.89. The third kappa shape index (κ3) is 6.59. The fourth-order valence-electron chi connectivity index (χ4n) is 4.04. The Kier molecular flexibility index (Phi) is 8.68. The van der Waals surface area contributed by atoms with Gasteiger partial charge in [-0.15, -0.1) is 0 Å². The van der Waals surface area contributed by atoms with Crippen molar-refractivity contribution in [3.8, 4) is 11.5 Å². The van der Waals surface area contributed by atoms with Crippen molar-refractivity contribution in [1.29, 1.82) is 0 Å². The van der Waals surface area contributed by atoms with Crippen molar-refractivity contribution in [1.82, 2.24) is 10.7 Å². The second kappa shape index (κ2) is 11.7. The normalized spacial score (nSPS) is 13.9. The van der Waals surface area contributed by atoms with Crippen molar-refractivity contribution in [3.05, 3.63) is 58.1 Å². The van der Waals surface area contributed by atoms with Crippen LogP contribution in [0.2, 0.25) is 0 Å². The molecule has 182 valence electrons. The monoisotopic (exact) mass is 465 g/mol. The third-order valence-electron chi connectivity index (χ3n) is 6.08. The quantitative estimate of drug-likeness (QED) is 0.432. The van der Waals surface area contributed by atoms with Crippen LogP contribution in [0, 0.1) is 6.92 Å². The lowest BCUT2D eigenvalue weighted by Gasteiger charge is -2.17. The number of hydrogen-bond donors (Lipinski definition) is 2. The second-order valence-corrected chi connectivity index (χ2v) is 9.06. The van der Waals surface area contributed by atoms with E-state index >= 15 is 0 Å². The summed E-state index contributed by atoms with van der Waals surface area (Å²) < 4.78 is 11.1. The summed E-state index contributed by atoms with van der Waals surface area (Å²) in [6, 6.07) is 9.21. The number of carbonyl (C=O) groups is 2. The van der Waals surface area contributed by atoms with Crippen LogP contribution in [0.5, 0.6) is 11.5 Å². The molecule has 1 aliphatic rings. The van der Waals surface area contributed by atoms with Gasteiger partial charge in [0.15, 0.2) is 6.61 Å². The number of nitrogens with one attached hydrogen (secondary N) is 2. The maximum atomic E-state index is 12.4. The molecule has 2 aromatic rings. The van der Waals surface area contributed by atoms with Crippen molar-refractivity contribution in [2.75, 3.05) is 13.7 Å². The molecule has 0 bridgehead atoms. The highest BCUT2D eigenvalue weighted by Crippen LogP contribution is 2.29. The highest BCUT2D eigenvalue weighted by atomic mass is 16.5. The molecule has 0 radical (unpaired) electrons. The number of aryl methyl sites for hydroxylation is 3. The number of carbonyl (C=O) groups excluding carboxylic acids is 2. The van der Waals surface area contributed by atoms with Gasteiger partial charge in [-0.05, 0) is 97.5 Å². The Bertz CT molecular complexity index is 1060. The molecule has 2 aromatic carbocycles. The predicted molar refractivity (Wildman–Crippen MR) is 134 cm³/mol. The zero-order chi connectivity index (χ0) is 24.7. The van der Waals surface area contributed by atoms with Gasteiger partial charge >= 0.3 is 0 Å². The van der Waals surface area contributed by atoms with Gasteiger partial charge in [-0.3, -0.25) is 9.59 Å². The topological polar surface area (TPSA) is 89.0 Å². The lowest BCUT2D eigenvalue weighted by Crippen LogP contribution is -2.45. The van der Waals surface area contributed by atoms with Gasteiger partial charge in [0.25, 0.3) is 11.8 Å². The zero-order valence-electron chi connectivity index (χ0n) is 20.7. The first-order chi connectivity index (χ1) is 16.3. The molecule has 34 heavy (non-hydrogen) atoms. The number of amides is 2. The summed E-state index contributed by atoms with van der Waals surface area (Å²) in [6.07, 6.45) is 6.15. The lowest BCUT2D eigenvalue weighted by atomic mass is 9.92. The fourth-order valence-corrected chi connectivity index (χ4v) is 4.04. The van der Waals surface area contributed by atoms with Crippen molar-refractivity contribution < 1.29 is 19.1 Å². The summed E-state index contributed by atoms with van der Waals surface area (Å²) in [7, 11) is 1.65. The fraction of sp³-hybridized carbons (Fsp3) is 0.444. The molecular weight excluding hydrogens is 430 g/mol. The van der Waals surface area contributed by atoms with Crippen LogP contribution in [0.15, 0.2) is 35.4 Å². The van der Waals surface area contributed by atoms with E-state index in [2.05, 4.69) is 35.8 Å². The Labute approximate surface area is 201 Å². The van der Waals surface area contributed by atoms with Crippen LogP contribution in [0.4, 0.5) is 0 Å². The number of methoxy groups -OCH3 is 1. The third-order valence-corrected chi connectivity index (χ3v) is 6.08. The number of nitrogens with zero attached hydrogens (tertiary/aromatic N) is 1. The molecule has 0 spiro atoms. The molecule has 1 aliphatic carbocycles. The van der Waals surface area contributed by atoms with E-state index in [0.29, 0.717) is 5.75 Å². The van der Waals surface area contributed by atoms with Crippen LogP contribution in [0.25, 0.3) is 0 Å². The van der Waals surface area contributed by atoms with Crippen molar-refractivity contribution in [2.24, 2.45) is 5.10 Å². The molecule has 2 N–H and O–H groups in total. The summed E-state index contributed by atoms with van der Waals surface area (Å²) in [4.78, 5) is 24.6. The van der Waals surface area contributed by atoms with E-state index in [1.165, 1.54) is 24.0 Å². The van der Waals surface area contributed by atoms with Gasteiger partial charge in [0.05, 0.1) is 13.3 Å². The van der Waals surface area contributed by atoms with Gasteiger partial charge in [0, 0.05) is 0 Å². The second-order valence-electron chi connectivity index (χ2n) is 9.06. The van der Waals surface area contributed by atoms with Crippen LogP contribution >= 0.6 is 0 Å². The molecule has 0 aromatic heterocycles. The van der Waals surface area contributed by atoms with E-state index in [0.717, 1.165) is 35.3 Å². The van der Waals surface area contributed by atoms with Gasteiger partial charge in [0.2, 0.25) is 0 Å². The molecule has 0 heterocycles. The molecule has 7 nitrogen and oxygen atoms in total. The maximum Gasteiger partial charge on any atom is 0.262 e. The number of rotatable bonds is 9. The Hall–Kier alpha value is -3.35. The molecule has 2 amide bonds. The lowest BCUT2D eigenvalue weighted by molar-refractivity contribution is -0.129. The number of benzene rings is 2.